The van der Waals surface area contributed by atoms with Gasteiger partial charge in [0.15, 0.2) is 0 Å². The van der Waals surface area contributed by atoms with Crippen molar-refractivity contribution in [2.45, 2.75) is 38.3 Å². The number of hydrogen-bond acceptors (Lipinski definition) is 3. The van der Waals surface area contributed by atoms with Crippen LogP contribution in [-0.2, 0) is 11.2 Å². The largest absolute Gasteiger partial charge is 0.488 e. The van der Waals surface area contributed by atoms with E-state index in [0.717, 1.165) is 37.1 Å². The molecule has 2 heterocycles. The van der Waals surface area contributed by atoms with Gasteiger partial charge in [-0.1, -0.05) is 18.5 Å². The summed E-state index contributed by atoms with van der Waals surface area (Å²) < 4.78 is 5.93. The molecule has 0 radical (unpaired) electrons. The third kappa shape index (κ3) is 3.01. The molecule has 0 amide bonds. The predicted molar refractivity (Wildman–Crippen MR) is 81.0 cm³/mol. The van der Waals surface area contributed by atoms with Crippen LogP contribution in [-0.4, -0.2) is 41.2 Å². The molecule has 2 aliphatic rings. The lowest BCUT2D eigenvalue weighted by atomic mass is 9.90. The Morgan fingerprint density at radius 2 is 2.33 bits per heavy atom. The van der Waals surface area contributed by atoms with Crippen molar-refractivity contribution in [1.82, 2.24) is 4.90 Å². The molecule has 5 heteroatoms. The normalized spacial score (nSPS) is 29.0. The van der Waals surface area contributed by atoms with Crippen molar-refractivity contribution in [2.24, 2.45) is 5.92 Å². The van der Waals surface area contributed by atoms with E-state index in [9.17, 15) is 9.90 Å². The third-order valence-corrected chi connectivity index (χ3v) is 4.73. The first-order valence-electron chi connectivity index (χ1n) is 7.46. The molecule has 1 N–H and O–H groups in total. The van der Waals surface area contributed by atoms with E-state index in [4.69, 9.17) is 16.3 Å². The Morgan fingerprint density at radius 1 is 1.52 bits per heavy atom. The van der Waals surface area contributed by atoms with E-state index in [2.05, 4.69) is 4.90 Å². The summed E-state index contributed by atoms with van der Waals surface area (Å²) in [5.41, 5.74) is 1.12. The average molecular weight is 310 g/mol. The molecule has 0 aromatic heterocycles. The van der Waals surface area contributed by atoms with E-state index in [1.807, 2.05) is 25.1 Å². The molecule has 4 nitrogen and oxygen atoms in total. The highest BCUT2D eigenvalue weighted by Gasteiger charge is 2.36. The minimum Gasteiger partial charge on any atom is -0.488 e. The molecule has 1 aromatic rings. The zero-order valence-electron chi connectivity index (χ0n) is 12.1. The van der Waals surface area contributed by atoms with Crippen LogP contribution in [0.15, 0.2) is 18.2 Å². The Labute approximate surface area is 129 Å². The highest BCUT2D eigenvalue weighted by atomic mass is 35.5. The molecule has 114 valence electrons. The summed E-state index contributed by atoms with van der Waals surface area (Å²) in [5.74, 6) is 0.344. The van der Waals surface area contributed by atoms with Crippen LogP contribution in [0.1, 0.15) is 25.3 Å². The maximum Gasteiger partial charge on any atom is 0.321 e. The second kappa shape index (κ2) is 5.85. The maximum atomic E-state index is 11.5. The molecule has 0 bridgehead atoms. The zero-order valence-corrected chi connectivity index (χ0v) is 12.8. The van der Waals surface area contributed by atoms with Gasteiger partial charge in [0.2, 0.25) is 0 Å². The number of carboxylic acids is 1. The van der Waals surface area contributed by atoms with Gasteiger partial charge in [0.1, 0.15) is 17.9 Å². The van der Waals surface area contributed by atoms with Crippen LogP contribution in [0, 0.1) is 5.92 Å². The molecule has 1 aromatic carbocycles. The first-order chi connectivity index (χ1) is 10.0. The molecule has 0 saturated carbocycles. The van der Waals surface area contributed by atoms with Crippen LogP contribution >= 0.6 is 11.6 Å². The number of carboxylic acid groups (broad SMARTS) is 1. The van der Waals surface area contributed by atoms with Gasteiger partial charge in [-0.3, -0.25) is 9.69 Å². The molecule has 1 fully saturated rings. The van der Waals surface area contributed by atoms with E-state index < -0.39 is 12.0 Å². The Morgan fingerprint density at radius 3 is 3.10 bits per heavy atom. The minimum absolute atomic E-state index is 0.0191. The topological polar surface area (TPSA) is 49.8 Å². The van der Waals surface area contributed by atoms with Gasteiger partial charge in [-0.15, -0.1) is 0 Å². The van der Waals surface area contributed by atoms with Gasteiger partial charge >= 0.3 is 5.97 Å². The van der Waals surface area contributed by atoms with Crippen molar-refractivity contribution in [2.75, 3.05) is 13.1 Å². The van der Waals surface area contributed by atoms with Crippen molar-refractivity contribution >= 4 is 17.6 Å². The number of nitrogens with zero attached hydrogens (tertiary/aromatic N) is 1. The van der Waals surface area contributed by atoms with Gasteiger partial charge in [0.25, 0.3) is 0 Å². The van der Waals surface area contributed by atoms with Gasteiger partial charge in [0, 0.05) is 18.0 Å². The van der Waals surface area contributed by atoms with E-state index in [-0.39, 0.29) is 12.0 Å². The van der Waals surface area contributed by atoms with Crippen LogP contribution in [0.25, 0.3) is 0 Å². The number of halogens is 1. The second-order valence-electron chi connectivity index (χ2n) is 6.09. The number of ether oxygens (including phenoxy) is 1. The van der Waals surface area contributed by atoms with Crippen LogP contribution in [0.5, 0.6) is 5.75 Å². The quantitative estimate of drug-likeness (QED) is 0.933. The fraction of sp³-hybridized carbons (Fsp3) is 0.562. The highest BCUT2D eigenvalue weighted by Crippen LogP contribution is 2.32. The predicted octanol–water partition coefficient (Wildman–Crippen LogP) is 2.83. The molecule has 21 heavy (non-hydrogen) atoms. The fourth-order valence-electron chi connectivity index (χ4n) is 3.53. The fourth-order valence-corrected chi connectivity index (χ4v) is 3.72. The lowest BCUT2D eigenvalue weighted by Crippen LogP contribution is -2.52. The molecule has 0 aliphatic carbocycles. The number of hydrogen-bond donors (Lipinski definition) is 1. The second-order valence-corrected chi connectivity index (χ2v) is 6.53. The van der Waals surface area contributed by atoms with Gasteiger partial charge < -0.3 is 9.84 Å². The molecule has 3 rings (SSSR count). The van der Waals surface area contributed by atoms with Gasteiger partial charge in [-0.05, 0) is 49.1 Å². The lowest BCUT2D eigenvalue weighted by molar-refractivity contribution is -0.147. The van der Waals surface area contributed by atoms with E-state index in [0.29, 0.717) is 11.6 Å². The summed E-state index contributed by atoms with van der Waals surface area (Å²) in [5, 5.41) is 10.2. The monoisotopic (exact) mass is 309 g/mol. The smallest absolute Gasteiger partial charge is 0.321 e. The number of carbonyl (C=O) groups is 1. The third-order valence-electron chi connectivity index (χ3n) is 4.49. The van der Waals surface area contributed by atoms with Crippen molar-refractivity contribution in [3.8, 4) is 5.75 Å². The lowest BCUT2D eigenvalue weighted by Gasteiger charge is -2.38. The summed E-state index contributed by atoms with van der Waals surface area (Å²) in [4.78, 5) is 13.6. The van der Waals surface area contributed by atoms with Crippen LogP contribution < -0.4 is 4.74 Å². The number of benzene rings is 1. The summed E-state index contributed by atoms with van der Waals surface area (Å²) >= 11 is 6.00. The van der Waals surface area contributed by atoms with Crippen molar-refractivity contribution in [1.29, 1.82) is 0 Å². The molecule has 2 aliphatic heterocycles. The summed E-state index contributed by atoms with van der Waals surface area (Å²) in [6, 6.07) is 5.26. The molecular weight excluding hydrogens is 290 g/mol. The Kier molecular flexibility index (Phi) is 4.09. The maximum absolute atomic E-state index is 11.5. The molecule has 0 spiro atoms. The highest BCUT2D eigenvalue weighted by molar-refractivity contribution is 6.30. The van der Waals surface area contributed by atoms with Crippen molar-refractivity contribution < 1.29 is 14.6 Å². The number of likely N-dealkylation sites (tertiary alicyclic amines) is 1. The SMILES string of the molecule is CC1CCCN(CC2Cc3cc(Cl)ccc3O2)C1C(=O)O. The molecular formula is C16H20ClNO3. The summed E-state index contributed by atoms with van der Waals surface area (Å²) in [6.07, 6.45) is 2.85. The number of rotatable bonds is 3. The first-order valence-corrected chi connectivity index (χ1v) is 7.84. The van der Waals surface area contributed by atoms with E-state index in [1.165, 1.54) is 0 Å². The van der Waals surface area contributed by atoms with E-state index >= 15 is 0 Å². The van der Waals surface area contributed by atoms with E-state index in [1.54, 1.807) is 0 Å². The number of fused-ring (bicyclic) bond motifs is 1. The van der Waals surface area contributed by atoms with Crippen LogP contribution in [0.3, 0.4) is 0 Å². The Balaban J connectivity index is 1.68. The number of aliphatic carboxylic acids is 1. The van der Waals surface area contributed by atoms with Gasteiger partial charge in [-0.25, -0.2) is 0 Å². The van der Waals surface area contributed by atoms with Crippen molar-refractivity contribution in [3.05, 3.63) is 28.8 Å². The first kappa shape index (κ1) is 14.7. The molecule has 3 unspecified atom stereocenters. The molecule has 3 atom stereocenters. The Bertz CT molecular complexity index is 548. The van der Waals surface area contributed by atoms with Crippen LogP contribution in [0.4, 0.5) is 0 Å². The zero-order chi connectivity index (χ0) is 15.0. The average Bonchev–Trinajstić information content (AvgIpc) is 2.79. The van der Waals surface area contributed by atoms with Gasteiger partial charge in [-0.2, -0.15) is 0 Å². The molecule has 1 saturated heterocycles. The standard InChI is InChI=1S/C16H20ClNO3/c1-10-3-2-6-18(15(10)16(19)20)9-13-8-11-7-12(17)4-5-14(11)21-13/h4-5,7,10,13,15H,2-3,6,8-9H2,1H3,(H,19,20). The Hall–Kier alpha value is -1.26. The van der Waals surface area contributed by atoms with Crippen molar-refractivity contribution in [3.63, 3.8) is 0 Å². The summed E-state index contributed by atoms with van der Waals surface area (Å²) in [6.45, 7) is 3.51. The summed E-state index contributed by atoms with van der Waals surface area (Å²) in [7, 11) is 0. The van der Waals surface area contributed by atoms with Gasteiger partial charge in [0.05, 0.1) is 0 Å². The van der Waals surface area contributed by atoms with Crippen LogP contribution in [0.2, 0.25) is 5.02 Å². The number of piperidine rings is 1. The minimum atomic E-state index is -0.722.